The Morgan fingerprint density at radius 1 is 1.22 bits per heavy atom. The Morgan fingerprint density at radius 3 is 2.63 bits per heavy atom. The summed E-state index contributed by atoms with van der Waals surface area (Å²) in [6.45, 7) is 2.69. The lowest BCUT2D eigenvalue weighted by Crippen LogP contribution is -2.44. The predicted octanol–water partition coefficient (Wildman–Crippen LogP) is 3.08. The second-order valence-corrected chi connectivity index (χ2v) is 6.81. The lowest BCUT2D eigenvalue weighted by Gasteiger charge is -2.32. The van der Waals surface area contributed by atoms with Crippen molar-refractivity contribution in [2.45, 2.75) is 26.2 Å². The summed E-state index contributed by atoms with van der Waals surface area (Å²) in [5, 5.41) is 2.61. The topological polar surface area (TPSA) is 62.6 Å². The van der Waals surface area contributed by atoms with E-state index in [-0.39, 0.29) is 24.3 Å². The zero-order chi connectivity index (χ0) is 19.4. The van der Waals surface area contributed by atoms with Crippen LogP contribution in [0.15, 0.2) is 34.9 Å². The first-order chi connectivity index (χ1) is 13.0. The van der Waals surface area contributed by atoms with Crippen LogP contribution >= 0.6 is 0 Å². The molecule has 2 amide bonds. The Kier molecular flexibility index (Phi) is 5.88. The van der Waals surface area contributed by atoms with Crippen LogP contribution in [0.25, 0.3) is 0 Å². The molecule has 3 rings (SSSR count). The molecule has 0 atom stereocenters. The molecule has 144 valence electrons. The third-order valence-electron chi connectivity index (χ3n) is 5.01. The molecule has 1 aliphatic heterocycles. The number of likely N-dealkylation sites (tertiary alicyclic amines) is 1. The SMILES string of the molecule is Cc1occc1C(=O)NCC(=O)N1CCC(Cc2cccc(F)c2F)CC1. The zero-order valence-electron chi connectivity index (χ0n) is 15.1. The van der Waals surface area contributed by atoms with E-state index in [0.717, 1.165) is 18.9 Å². The fourth-order valence-electron chi connectivity index (χ4n) is 3.39. The van der Waals surface area contributed by atoms with E-state index in [4.69, 9.17) is 4.42 Å². The largest absolute Gasteiger partial charge is 0.469 e. The van der Waals surface area contributed by atoms with Crippen molar-refractivity contribution >= 4 is 11.8 Å². The molecule has 27 heavy (non-hydrogen) atoms. The summed E-state index contributed by atoms with van der Waals surface area (Å²) in [4.78, 5) is 26.0. The van der Waals surface area contributed by atoms with E-state index >= 15 is 0 Å². The number of carbonyl (C=O) groups excluding carboxylic acids is 2. The number of rotatable bonds is 5. The van der Waals surface area contributed by atoms with Crippen LogP contribution in [0.1, 0.15) is 34.5 Å². The number of amides is 2. The molecule has 1 aromatic heterocycles. The van der Waals surface area contributed by atoms with Crippen LogP contribution in [0.2, 0.25) is 0 Å². The maximum Gasteiger partial charge on any atom is 0.255 e. The minimum atomic E-state index is -0.830. The number of halogens is 2. The highest BCUT2D eigenvalue weighted by Gasteiger charge is 2.24. The van der Waals surface area contributed by atoms with Crippen molar-refractivity contribution in [3.05, 3.63) is 59.1 Å². The molecule has 1 aliphatic rings. The molecule has 0 unspecified atom stereocenters. The second kappa shape index (κ2) is 8.33. The number of benzene rings is 1. The van der Waals surface area contributed by atoms with Gasteiger partial charge < -0.3 is 14.6 Å². The minimum Gasteiger partial charge on any atom is -0.469 e. The highest BCUT2D eigenvalue weighted by molar-refractivity contribution is 5.97. The van der Waals surface area contributed by atoms with Gasteiger partial charge in [-0.2, -0.15) is 0 Å². The van der Waals surface area contributed by atoms with Crippen LogP contribution in [0.3, 0.4) is 0 Å². The smallest absolute Gasteiger partial charge is 0.255 e. The summed E-state index contributed by atoms with van der Waals surface area (Å²) in [7, 11) is 0. The van der Waals surface area contributed by atoms with E-state index in [1.165, 1.54) is 12.3 Å². The Morgan fingerprint density at radius 2 is 1.96 bits per heavy atom. The number of carbonyl (C=O) groups is 2. The maximum absolute atomic E-state index is 13.8. The number of nitrogens with one attached hydrogen (secondary N) is 1. The predicted molar refractivity (Wildman–Crippen MR) is 95.1 cm³/mol. The molecule has 0 radical (unpaired) electrons. The van der Waals surface area contributed by atoms with E-state index in [0.29, 0.717) is 36.4 Å². The normalized spacial score (nSPS) is 15.0. The van der Waals surface area contributed by atoms with E-state index in [9.17, 15) is 18.4 Å². The van der Waals surface area contributed by atoms with Gasteiger partial charge in [-0.1, -0.05) is 12.1 Å². The maximum atomic E-state index is 13.8. The fraction of sp³-hybridized carbons (Fsp3) is 0.400. The van der Waals surface area contributed by atoms with Gasteiger partial charge in [0.1, 0.15) is 5.76 Å². The Bertz CT molecular complexity index is 826. The molecule has 7 heteroatoms. The van der Waals surface area contributed by atoms with Gasteiger partial charge in [-0.05, 0) is 49.8 Å². The molecule has 2 heterocycles. The summed E-state index contributed by atoms with van der Waals surface area (Å²) in [6.07, 6.45) is 3.33. The highest BCUT2D eigenvalue weighted by Crippen LogP contribution is 2.24. The highest BCUT2D eigenvalue weighted by atomic mass is 19.2. The Balaban J connectivity index is 1.46. The van der Waals surface area contributed by atoms with Gasteiger partial charge >= 0.3 is 0 Å². The van der Waals surface area contributed by atoms with Crippen molar-refractivity contribution in [2.24, 2.45) is 5.92 Å². The van der Waals surface area contributed by atoms with Crippen molar-refractivity contribution in [3.63, 3.8) is 0 Å². The number of hydrogen-bond donors (Lipinski definition) is 1. The molecule has 0 aliphatic carbocycles. The number of nitrogens with zero attached hydrogens (tertiary/aromatic N) is 1. The molecule has 0 saturated carbocycles. The van der Waals surface area contributed by atoms with Crippen molar-refractivity contribution in [1.29, 1.82) is 0 Å². The van der Waals surface area contributed by atoms with Gasteiger partial charge in [0.2, 0.25) is 5.91 Å². The third-order valence-corrected chi connectivity index (χ3v) is 5.01. The minimum absolute atomic E-state index is 0.0767. The molecule has 2 aromatic rings. The summed E-state index contributed by atoms with van der Waals surface area (Å²) in [5.74, 6) is -1.40. The van der Waals surface area contributed by atoms with Gasteiger partial charge in [-0.3, -0.25) is 9.59 Å². The van der Waals surface area contributed by atoms with Gasteiger partial charge in [-0.25, -0.2) is 8.78 Å². The lowest BCUT2D eigenvalue weighted by atomic mass is 9.90. The van der Waals surface area contributed by atoms with Gasteiger partial charge in [0.05, 0.1) is 18.4 Å². The van der Waals surface area contributed by atoms with Gasteiger partial charge in [-0.15, -0.1) is 0 Å². The van der Waals surface area contributed by atoms with Gasteiger partial charge in [0.15, 0.2) is 11.6 Å². The number of hydrogen-bond acceptors (Lipinski definition) is 3. The van der Waals surface area contributed by atoms with Crippen molar-refractivity contribution in [1.82, 2.24) is 10.2 Å². The lowest BCUT2D eigenvalue weighted by molar-refractivity contribution is -0.131. The van der Waals surface area contributed by atoms with Crippen LogP contribution in [-0.2, 0) is 11.2 Å². The molecular formula is C20H22F2N2O3. The number of aryl methyl sites for hydroxylation is 1. The van der Waals surface area contributed by atoms with Crippen molar-refractivity contribution in [2.75, 3.05) is 19.6 Å². The average Bonchev–Trinajstić information content (AvgIpc) is 3.10. The monoisotopic (exact) mass is 376 g/mol. The first-order valence-electron chi connectivity index (χ1n) is 8.98. The molecule has 0 bridgehead atoms. The van der Waals surface area contributed by atoms with Crippen LogP contribution in [-0.4, -0.2) is 36.3 Å². The number of furan rings is 1. The van der Waals surface area contributed by atoms with E-state index in [1.54, 1.807) is 24.0 Å². The summed E-state index contributed by atoms with van der Waals surface area (Å²) >= 11 is 0. The van der Waals surface area contributed by atoms with Crippen molar-refractivity contribution < 1.29 is 22.8 Å². The quantitative estimate of drug-likeness (QED) is 0.872. The first-order valence-corrected chi connectivity index (χ1v) is 8.98. The fourth-order valence-corrected chi connectivity index (χ4v) is 3.39. The molecule has 5 nitrogen and oxygen atoms in total. The van der Waals surface area contributed by atoms with E-state index < -0.39 is 11.6 Å². The summed E-state index contributed by atoms with van der Waals surface area (Å²) in [6, 6.07) is 5.78. The Hall–Kier alpha value is -2.70. The first kappa shape index (κ1) is 19.1. The number of piperidine rings is 1. The van der Waals surface area contributed by atoms with Gasteiger partial charge in [0, 0.05) is 13.1 Å². The van der Waals surface area contributed by atoms with Crippen molar-refractivity contribution in [3.8, 4) is 0 Å². The third kappa shape index (κ3) is 4.53. The van der Waals surface area contributed by atoms with Crippen LogP contribution in [0.4, 0.5) is 8.78 Å². The zero-order valence-corrected chi connectivity index (χ0v) is 15.1. The van der Waals surface area contributed by atoms with Gasteiger partial charge in [0.25, 0.3) is 5.91 Å². The molecule has 1 saturated heterocycles. The standard InChI is InChI=1S/C20H22F2N2O3/c1-13-16(7-10-27-13)20(26)23-12-18(25)24-8-5-14(6-9-24)11-15-3-2-4-17(21)19(15)22/h2-4,7,10,14H,5-6,8-9,11-12H2,1H3,(H,23,26). The molecule has 1 aromatic carbocycles. The van der Waals surface area contributed by atoms with Crippen LogP contribution in [0.5, 0.6) is 0 Å². The summed E-state index contributed by atoms with van der Waals surface area (Å²) in [5.41, 5.74) is 0.793. The van der Waals surface area contributed by atoms with Crippen LogP contribution in [0, 0.1) is 24.5 Å². The molecular weight excluding hydrogens is 354 g/mol. The second-order valence-electron chi connectivity index (χ2n) is 6.81. The summed E-state index contributed by atoms with van der Waals surface area (Å²) < 4.78 is 32.2. The van der Waals surface area contributed by atoms with E-state index in [2.05, 4.69) is 5.32 Å². The average molecular weight is 376 g/mol. The van der Waals surface area contributed by atoms with E-state index in [1.807, 2.05) is 0 Å². The Labute approximate surface area is 156 Å². The van der Waals surface area contributed by atoms with Crippen LogP contribution < -0.4 is 5.32 Å². The molecule has 1 fully saturated rings. The molecule has 1 N–H and O–H groups in total. The molecule has 0 spiro atoms.